The van der Waals surface area contributed by atoms with E-state index in [1.54, 1.807) is 24.3 Å². The number of primary amides is 1. The van der Waals surface area contributed by atoms with Gasteiger partial charge in [-0.15, -0.1) is 0 Å². The van der Waals surface area contributed by atoms with Crippen molar-refractivity contribution in [1.29, 1.82) is 0 Å². The summed E-state index contributed by atoms with van der Waals surface area (Å²) in [5.41, 5.74) is 8.15. The van der Waals surface area contributed by atoms with E-state index in [1.807, 2.05) is 12.1 Å². The summed E-state index contributed by atoms with van der Waals surface area (Å²) in [5.74, 6) is 0.500. The molecule has 0 aliphatic heterocycles. The second-order valence-corrected chi connectivity index (χ2v) is 6.41. The van der Waals surface area contributed by atoms with E-state index in [0.717, 1.165) is 6.42 Å². The number of rotatable bonds is 6. The number of amides is 2. The fourth-order valence-corrected chi connectivity index (χ4v) is 3.24. The Balaban J connectivity index is 1.49. The Bertz CT molecular complexity index is 771. The molecule has 3 rings (SSSR count). The molecule has 0 aromatic heterocycles. The predicted molar refractivity (Wildman–Crippen MR) is 95.3 cm³/mol. The van der Waals surface area contributed by atoms with Gasteiger partial charge in [0, 0.05) is 5.56 Å². The van der Waals surface area contributed by atoms with Gasteiger partial charge in [-0.3, -0.25) is 9.59 Å². The molecule has 2 aromatic carbocycles. The summed E-state index contributed by atoms with van der Waals surface area (Å²) in [6, 6.07) is 14.9. The summed E-state index contributed by atoms with van der Waals surface area (Å²) in [6.45, 7) is 2.44. The monoisotopic (exact) mass is 338 g/mol. The van der Waals surface area contributed by atoms with Gasteiger partial charge in [0.2, 0.25) is 11.8 Å². The molecule has 5 nitrogen and oxygen atoms in total. The molecule has 2 aromatic rings. The number of ether oxygens (including phenoxy) is 1. The number of carbonyl (C=O) groups is 2. The molecule has 0 spiro atoms. The van der Waals surface area contributed by atoms with E-state index in [2.05, 4.69) is 24.4 Å². The average molecular weight is 338 g/mol. The van der Waals surface area contributed by atoms with Gasteiger partial charge >= 0.3 is 0 Å². The minimum Gasteiger partial charge on any atom is -0.493 e. The zero-order valence-corrected chi connectivity index (χ0v) is 14.2. The Kier molecular flexibility index (Phi) is 5.03. The highest BCUT2D eigenvalue weighted by atomic mass is 16.5. The number of hydrogen-bond acceptors (Lipinski definition) is 3. The van der Waals surface area contributed by atoms with E-state index in [4.69, 9.17) is 10.5 Å². The first-order valence-corrected chi connectivity index (χ1v) is 8.44. The first kappa shape index (κ1) is 17.0. The third-order valence-electron chi connectivity index (χ3n) is 4.55. The lowest BCUT2D eigenvalue weighted by molar-refractivity contribution is -0.122. The first-order valence-electron chi connectivity index (χ1n) is 8.44. The molecule has 2 amide bonds. The van der Waals surface area contributed by atoms with Crippen molar-refractivity contribution in [3.05, 3.63) is 65.2 Å². The second kappa shape index (κ2) is 7.38. The van der Waals surface area contributed by atoms with Crippen molar-refractivity contribution in [1.82, 2.24) is 5.32 Å². The van der Waals surface area contributed by atoms with Crippen molar-refractivity contribution < 1.29 is 14.3 Å². The lowest BCUT2D eigenvalue weighted by atomic mass is 10.0. The molecule has 0 saturated heterocycles. The number of carbonyl (C=O) groups excluding carboxylic acids is 2. The molecule has 1 aliphatic rings. The van der Waals surface area contributed by atoms with Crippen LogP contribution in [-0.2, 0) is 11.2 Å². The molecule has 3 N–H and O–H groups in total. The molecular weight excluding hydrogens is 316 g/mol. The van der Waals surface area contributed by atoms with Crippen LogP contribution in [0.5, 0.6) is 5.75 Å². The number of benzene rings is 2. The van der Waals surface area contributed by atoms with Crippen LogP contribution in [0, 0.1) is 5.92 Å². The fraction of sp³-hybridized carbons (Fsp3) is 0.300. The van der Waals surface area contributed by atoms with Crippen molar-refractivity contribution in [3.8, 4) is 5.75 Å². The molecule has 0 bridgehead atoms. The first-order chi connectivity index (χ1) is 12.0. The Hall–Kier alpha value is -2.82. The van der Waals surface area contributed by atoms with Crippen LogP contribution in [0.4, 0.5) is 0 Å². The largest absolute Gasteiger partial charge is 0.493 e. The van der Waals surface area contributed by atoms with Crippen molar-refractivity contribution in [2.75, 3.05) is 6.61 Å². The Labute approximate surface area is 147 Å². The molecule has 0 radical (unpaired) electrons. The molecule has 130 valence electrons. The van der Waals surface area contributed by atoms with E-state index in [1.165, 1.54) is 11.1 Å². The summed E-state index contributed by atoms with van der Waals surface area (Å²) in [4.78, 5) is 23.3. The molecule has 0 saturated carbocycles. The topological polar surface area (TPSA) is 81.4 Å². The second-order valence-electron chi connectivity index (χ2n) is 6.41. The Morgan fingerprint density at radius 2 is 1.88 bits per heavy atom. The summed E-state index contributed by atoms with van der Waals surface area (Å²) < 4.78 is 5.56. The highest BCUT2D eigenvalue weighted by molar-refractivity contribution is 5.92. The van der Waals surface area contributed by atoms with Crippen LogP contribution in [0.25, 0.3) is 0 Å². The molecule has 1 aliphatic carbocycles. The van der Waals surface area contributed by atoms with Crippen LogP contribution < -0.4 is 15.8 Å². The molecular formula is C20H22N2O3. The standard InChI is InChI=1S/C20H22N2O3/c1-13-12-15-4-2-3-5-17(15)19(13)22-18(23)10-11-25-16-8-6-14(7-9-16)20(21)24/h2-9,13,19H,10-12H2,1H3,(H2,21,24)(H,22,23). The van der Waals surface area contributed by atoms with Crippen LogP contribution in [0.3, 0.4) is 0 Å². The van der Waals surface area contributed by atoms with E-state index in [-0.39, 0.29) is 25.0 Å². The minimum atomic E-state index is -0.475. The molecule has 5 heteroatoms. The maximum absolute atomic E-state index is 12.2. The third-order valence-corrected chi connectivity index (χ3v) is 4.55. The maximum atomic E-state index is 12.2. The van der Waals surface area contributed by atoms with Gasteiger partial charge in [0.1, 0.15) is 5.75 Å². The number of hydrogen-bond donors (Lipinski definition) is 2. The molecule has 2 atom stereocenters. The average Bonchev–Trinajstić information content (AvgIpc) is 2.91. The van der Waals surface area contributed by atoms with Gasteiger partial charge in [0.15, 0.2) is 0 Å². The van der Waals surface area contributed by atoms with E-state index in [0.29, 0.717) is 17.2 Å². The van der Waals surface area contributed by atoms with Gasteiger partial charge in [-0.1, -0.05) is 31.2 Å². The van der Waals surface area contributed by atoms with Crippen LogP contribution in [0.2, 0.25) is 0 Å². The summed E-state index contributed by atoms with van der Waals surface area (Å²) in [5, 5.41) is 3.12. The fourth-order valence-electron chi connectivity index (χ4n) is 3.24. The Morgan fingerprint density at radius 1 is 1.16 bits per heavy atom. The molecule has 25 heavy (non-hydrogen) atoms. The van der Waals surface area contributed by atoms with Crippen LogP contribution in [-0.4, -0.2) is 18.4 Å². The maximum Gasteiger partial charge on any atom is 0.248 e. The van der Waals surface area contributed by atoms with Gasteiger partial charge in [-0.05, 0) is 47.7 Å². The quantitative estimate of drug-likeness (QED) is 0.849. The Morgan fingerprint density at radius 3 is 2.60 bits per heavy atom. The van der Waals surface area contributed by atoms with Crippen molar-refractivity contribution in [2.45, 2.75) is 25.8 Å². The van der Waals surface area contributed by atoms with Gasteiger partial charge in [0.05, 0.1) is 19.1 Å². The van der Waals surface area contributed by atoms with Gasteiger partial charge < -0.3 is 15.8 Å². The molecule has 0 heterocycles. The van der Waals surface area contributed by atoms with Gasteiger partial charge in [0.25, 0.3) is 0 Å². The van der Waals surface area contributed by atoms with Crippen LogP contribution in [0.15, 0.2) is 48.5 Å². The predicted octanol–water partition coefficient (Wildman–Crippen LogP) is 2.60. The zero-order valence-electron chi connectivity index (χ0n) is 14.2. The lowest BCUT2D eigenvalue weighted by Gasteiger charge is -2.19. The van der Waals surface area contributed by atoms with Crippen LogP contribution in [0.1, 0.15) is 40.9 Å². The minimum absolute atomic E-state index is 0.0256. The van der Waals surface area contributed by atoms with Crippen molar-refractivity contribution >= 4 is 11.8 Å². The number of nitrogens with one attached hydrogen (secondary N) is 1. The van der Waals surface area contributed by atoms with Crippen LogP contribution >= 0.6 is 0 Å². The molecule has 0 fully saturated rings. The van der Waals surface area contributed by atoms with E-state index in [9.17, 15) is 9.59 Å². The lowest BCUT2D eigenvalue weighted by Crippen LogP contribution is -2.31. The summed E-state index contributed by atoms with van der Waals surface area (Å²) >= 11 is 0. The van der Waals surface area contributed by atoms with Gasteiger partial charge in [-0.25, -0.2) is 0 Å². The van der Waals surface area contributed by atoms with E-state index < -0.39 is 5.91 Å². The summed E-state index contributed by atoms with van der Waals surface area (Å²) in [7, 11) is 0. The highest BCUT2D eigenvalue weighted by Crippen LogP contribution is 2.35. The summed E-state index contributed by atoms with van der Waals surface area (Å²) in [6.07, 6.45) is 1.27. The van der Waals surface area contributed by atoms with Crippen molar-refractivity contribution in [2.24, 2.45) is 11.7 Å². The van der Waals surface area contributed by atoms with Crippen molar-refractivity contribution in [3.63, 3.8) is 0 Å². The highest BCUT2D eigenvalue weighted by Gasteiger charge is 2.29. The van der Waals surface area contributed by atoms with Gasteiger partial charge in [-0.2, -0.15) is 0 Å². The van der Waals surface area contributed by atoms with E-state index >= 15 is 0 Å². The number of fused-ring (bicyclic) bond motifs is 1. The normalized spacial score (nSPS) is 18.4. The zero-order chi connectivity index (χ0) is 17.8. The third kappa shape index (κ3) is 3.99. The smallest absolute Gasteiger partial charge is 0.248 e. The SMILES string of the molecule is CC1Cc2ccccc2C1NC(=O)CCOc1ccc(C(N)=O)cc1. The molecule has 2 unspecified atom stereocenters. The number of nitrogens with two attached hydrogens (primary N) is 1.